The van der Waals surface area contributed by atoms with Crippen molar-refractivity contribution in [1.29, 1.82) is 0 Å². The number of hydrogen-bond acceptors (Lipinski definition) is 7. The second-order valence-electron chi connectivity index (χ2n) is 5.98. The number of carbonyl (C=O) groups excluding carboxylic acids is 1. The number of carbonyl (C=O) groups is 1. The number of nitrogens with one attached hydrogen (secondary N) is 2. The molecule has 0 fully saturated rings. The van der Waals surface area contributed by atoms with Crippen LogP contribution >= 0.6 is 0 Å². The van der Waals surface area contributed by atoms with Crippen molar-refractivity contribution in [3.63, 3.8) is 0 Å². The van der Waals surface area contributed by atoms with Crippen LogP contribution in [0.4, 0.5) is 29.3 Å². The molecule has 0 radical (unpaired) electrons. The molecular weight excluding hydrogens is 431 g/mol. The molecule has 162 valence electrons. The summed E-state index contributed by atoms with van der Waals surface area (Å²) in [5.74, 6) is 0. The highest BCUT2D eigenvalue weighted by Gasteiger charge is 2.31. The number of nitrogens with zero attached hydrogens (tertiary/aromatic N) is 1. The van der Waals surface area contributed by atoms with E-state index in [-0.39, 0.29) is 6.61 Å². The molecule has 1 amide bonds. The lowest BCUT2D eigenvalue weighted by Crippen LogP contribution is -2.31. The van der Waals surface area contributed by atoms with E-state index in [2.05, 4.69) is 0 Å². The van der Waals surface area contributed by atoms with Crippen molar-refractivity contribution in [2.45, 2.75) is 24.6 Å². The Morgan fingerprint density at radius 3 is 2.37 bits per heavy atom. The van der Waals surface area contributed by atoms with Crippen LogP contribution in [-0.2, 0) is 21.4 Å². The Kier molecular flexibility index (Phi) is 6.87. The number of nitro groups is 1. The number of hydrogen-bond donors (Lipinski definition) is 2. The fourth-order valence-corrected chi connectivity index (χ4v) is 3.60. The minimum absolute atomic E-state index is 0.221. The molecule has 2 rings (SSSR count). The van der Waals surface area contributed by atoms with E-state index in [1.54, 1.807) is 35.1 Å². The van der Waals surface area contributed by atoms with Crippen LogP contribution < -0.4 is 10.0 Å². The van der Waals surface area contributed by atoms with E-state index in [1.807, 2.05) is 5.32 Å². The number of sulfonamides is 1. The van der Waals surface area contributed by atoms with Gasteiger partial charge < -0.3 is 10.1 Å². The lowest BCUT2D eigenvalue weighted by atomic mass is 10.1. The van der Waals surface area contributed by atoms with Crippen molar-refractivity contribution in [2.24, 2.45) is 0 Å². The van der Waals surface area contributed by atoms with Gasteiger partial charge in [-0.2, -0.15) is 13.2 Å². The van der Waals surface area contributed by atoms with Crippen LogP contribution in [0.1, 0.15) is 11.1 Å². The molecule has 0 spiro atoms. The maximum atomic E-state index is 12.4. The first-order chi connectivity index (χ1) is 13.9. The number of halogens is 3. The average Bonchev–Trinajstić information content (AvgIpc) is 2.64. The van der Waals surface area contributed by atoms with Gasteiger partial charge in [0.1, 0.15) is 18.8 Å². The molecule has 0 atom stereocenters. The Balaban J connectivity index is 2.22. The molecule has 2 aromatic carbocycles. The first-order valence-electron chi connectivity index (χ1n) is 8.23. The van der Waals surface area contributed by atoms with Gasteiger partial charge in [-0.05, 0) is 24.6 Å². The number of amides is 1. The maximum Gasteiger partial charge on any atom is 0.421 e. The van der Waals surface area contributed by atoms with E-state index in [1.165, 1.54) is 0 Å². The summed E-state index contributed by atoms with van der Waals surface area (Å²) >= 11 is 0. The third kappa shape index (κ3) is 6.07. The number of benzene rings is 2. The third-order valence-electron chi connectivity index (χ3n) is 3.76. The number of anilines is 1. The van der Waals surface area contributed by atoms with Crippen LogP contribution in [0.2, 0.25) is 0 Å². The monoisotopic (exact) mass is 447 g/mol. The number of nitro benzene ring substituents is 1. The van der Waals surface area contributed by atoms with Crippen LogP contribution in [0.5, 0.6) is 0 Å². The molecule has 0 aromatic heterocycles. The Morgan fingerprint density at radius 1 is 1.17 bits per heavy atom. The molecule has 9 nitrogen and oxygen atoms in total. The number of alkyl halides is 3. The van der Waals surface area contributed by atoms with Crippen LogP contribution in [0.15, 0.2) is 47.4 Å². The molecule has 0 heterocycles. The molecule has 0 bridgehead atoms. The van der Waals surface area contributed by atoms with Gasteiger partial charge >= 0.3 is 12.3 Å². The van der Waals surface area contributed by atoms with E-state index in [0.29, 0.717) is 5.56 Å². The van der Waals surface area contributed by atoms with Crippen LogP contribution in [-0.4, -0.2) is 32.2 Å². The summed E-state index contributed by atoms with van der Waals surface area (Å²) in [6.45, 7) is -0.730. The average molecular weight is 447 g/mol. The Morgan fingerprint density at radius 2 is 1.80 bits per heavy atom. The summed E-state index contributed by atoms with van der Waals surface area (Å²) in [5.41, 5.74) is -1.23. The largest absolute Gasteiger partial charge is 0.444 e. The van der Waals surface area contributed by atoms with Crippen molar-refractivity contribution in [3.05, 3.63) is 63.7 Å². The maximum absolute atomic E-state index is 12.4. The van der Waals surface area contributed by atoms with Gasteiger partial charge in [0.05, 0.1) is 9.82 Å². The zero-order valence-corrected chi connectivity index (χ0v) is 16.2. The Labute approximate surface area is 169 Å². The second kappa shape index (κ2) is 8.98. The summed E-state index contributed by atoms with van der Waals surface area (Å²) in [4.78, 5) is 21.5. The predicted octanol–water partition coefficient (Wildman–Crippen LogP) is 3.49. The predicted molar refractivity (Wildman–Crippen MR) is 99.3 cm³/mol. The summed E-state index contributed by atoms with van der Waals surface area (Å²) < 4.78 is 68.5. The van der Waals surface area contributed by atoms with E-state index in [9.17, 15) is 36.5 Å². The van der Waals surface area contributed by atoms with Gasteiger partial charge in [0.2, 0.25) is 0 Å². The minimum atomic E-state index is -4.64. The van der Waals surface area contributed by atoms with E-state index < -0.39 is 55.6 Å². The second-order valence-corrected chi connectivity index (χ2v) is 7.63. The number of ether oxygens (including phenoxy) is 1. The standard InChI is InChI=1S/C17H16F3N3O6S/c1-11-14(8-7-13(15(11)23(25)26)21-10-17(18,19)20)30(27,28)22-16(24)29-9-12-5-3-2-4-6-12/h2-8,21H,9-10H2,1H3,(H,22,24). The molecule has 0 aliphatic heterocycles. The lowest BCUT2D eigenvalue weighted by molar-refractivity contribution is -0.384. The highest BCUT2D eigenvalue weighted by molar-refractivity contribution is 7.90. The normalized spacial score (nSPS) is 11.6. The highest BCUT2D eigenvalue weighted by Crippen LogP contribution is 2.33. The van der Waals surface area contributed by atoms with Gasteiger partial charge in [-0.3, -0.25) is 10.1 Å². The van der Waals surface area contributed by atoms with E-state index in [0.717, 1.165) is 19.1 Å². The first-order valence-corrected chi connectivity index (χ1v) is 9.71. The summed E-state index contributed by atoms with van der Waals surface area (Å²) in [7, 11) is -4.59. The van der Waals surface area contributed by atoms with Gasteiger partial charge in [0, 0.05) is 5.56 Å². The molecule has 0 saturated heterocycles. The highest BCUT2D eigenvalue weighted by atomic mass is 32.2. The molecule has 0 aliphatic rings. The molecule has 0 saturated carbocycles. The molecule has 2 N–H and O–H groups in total. The molecule has 0 unspecified atom stereocenters. The van der Waals surface area contributed by atoms with Crippen LogP contribution in [0.25, 0.3) is 0 Å². The Bertz CT molecular complexity index is 1040. The fourth-order valence-electron chi connectivity index (χ4n) is 2.46. The van der Waals surface area contributed by atoms with Gasteiger partial charge in [-0.15, -0.1) is 0 Å². The summed E-state index contributed by atoms with van der Waals surface area (Å²) in [5, 5.41) is 13.2. The van der Waals surface area contributed by atoms with E-state index >= 15 is 0 Å². The first kappa shape index (κ1) is 22.9. The van der Waals surface area contributed by atoms with Crippen LogP contribution in [0.3, 0.4) is 0 Å². The summed E-state index contributed by atoms with van der Waals surface area (Å²) in [6, 6.07) is 10.1. The van der Waals surface area contributed by atoms with Crippen molar-refractivity contribution in [2.75, 3.05) is 11.9 Å². The number of rotatable bonds is 7. The van der Waals surface area contributed by atoms with Gasteiger partial charge in [-0.25, -0.2) is 17.9 Å². The quantitative estimate of drug-likeness (QED) is 0.491. The molecule has 0 aliphatic carbocycles. The Hall–Kier alpha value is -3.35. The fraction of sp³-hybridized carbons (Fsp3) is 0.235. The summed E-state index contributed by atoms with van der Waals surface area (Å²) in [6.07, 6.45) is -5.96. The van der Waals surface area contributed by atoms with Gasteiger partial charge in [-0.1, -0.05) is 30.3 Å². The van der Waals surface area contributed by atoms with Crippen molar-refractivity contribution in [1.82, 2.24) is 4.72 Å². The van der Waals surface area contributed by atoms with Gasteiger partial charge in [0.15, 0.2) is 0 Å². The van der Waals surface area contributed by atoms with Crippen LogP contribution in [0, 0.1) is 17.0 Å². The molecular formula is C17H16F3N3O6S. The smallest absolute Gasteiger partial charge is 0.421 e. The molecule has 13 heteroatoms. The van der Waals surface area contributed by atoms with Crippen molar-refractivity contribution >= 4 is 27.5 Å². The zero-order valence-electron chi connectivity index (χ0n) is 15.4. The lowest BCUT2D eigenvalue weighted by Gasteiger charge is -2.14. The minimum Gasteiger partial charge on any atom is -0.444 e. The van der Waals surface area contributed by atoms with E-state index in [4.69, 9.17) is 4.74 Å². The SMILES string of the molecule is Cc1c(S(=O)(=O)NC(=O)OCc2ccccc2)ccc(NCC(F)(F)F)c1[N+](=O)[O-]. The molecule has 30 heavy (non-hydrogen) atoms. The van der Waals surface area contributed by atoms with Crippen molar-refractivity contribution in [3.8, 4) is 0 Å². The molecule has 2 aromatic rings. The topological polar surface area (TPSA) is 128 Å². The third-order valence-corrected chi connectivity index (χ3v) is 5.22. The van der Waals surface area contributed by atoms with Gasteiger partial charge in [0.25, 0.3) is 15.7 Å². The zero-order chi connectivity index (χ0) is 22.5. The van der Waals surface area contributed by atoms with Crippen molar-refractivity contribution < 1.29 is 36.0 Å².